The molecule has 1 aliphatic rings. The van der Waals surface area contributed by atoms with Gasteiger partial charge in [-0.2, -0.15) is 0 Å². The Morgan fingerprint density at radius 2 is 2.00 bits per heavy atom. The van der Waals surface area contributed by atoms with Gasteiger partial charge in [0.15, 0.2) is 0 Å². The van der Waals surface area contributed by atoms with Crippen molar-refractivity contribution in [3.05, 3.63) is 0 Å². The van der Waals surface area contributed by atoms with Gasteiger partial charge in [0, 0.05) is 0 Å². The zero-order valence-corrected chi connectivity index (χ0v) is 9.38. The molecule has 1 fully saturated rings. The van der Waals surface area contributed by atoms with Gasteiger partial charge in [-0.25, -0.2) is 0 Å². The SMILES string of the molecule is CCCC1(CC(=O)O)CCC(C)CC1. The van der Waals surface area contributed by atoms with Gasteiger partial charge in [-0.3, -0.25) is 4.79 Å². The van der Waals surface area contributed by atoms with Crippen LogP contribution in [0.5, 0.6) is 0 Å². The Bertz CT molecular complexity index is 190. The van der Waals surface area contributed by atoms with E-state index in [0.29, 0.717) is 6.42 Å². The maximum absolute atomic E-state index is 10.8. The zero-order valence-electron chi connectivity index (χ0n) is 9.38. The van der Waals surface area contributed by atoms with Crippen molar-refractivity contribution in [1.82, 2.24) is 0 Å². The van der Waals surface area contributed by atoms with E-state index in [4.69, 9.17) is 5.11 Å². The Kier molecular flexibility index (Phi) is 3.97. The van der Waals surface area contributed by atoms with Gasteiger partial charge in [0.05, 0.1) is 6.42 Å². The highest BCUT2D eigenvalue weighted by Crippen LogP contribution is 2.44. The number of rotatable bonds is 4. The van der Waals surface area contributed by atoms with Gasteiger partial charge in [0.25, 0.3) is 0 Å². The van der Waals surface area contributed by atoms with Crippen LogP contribution in [0.3, 0.4) is 0 Å². The standard InChI is InChI=1S/C12H22O2/c1-3-6-12(9-11(13)14)7-4-10(2)5-8-12/h10H,3-9H2,1-2H3,(H,13,14). The van der Waals surface area contributed by atoms with Crippen LogP contribution in [0, 0.1) is 11.3 Å². The lowest BCUT2D eigenvalue weighted by atomic mass is 9.67. The van der Waals surface area contributed by atoms with Crippen molar-refractivity contribution < 1.29 is 9.90 Å². The molecule has 1 aliphatic carbocycles. The molecule has 2 heteroatoms. The van der Waals surface area contributed by atoms with Crippen LogP contribution in [0.15, 0.2) is 0 Å². The summed E-state index contributed by atoms with van der Waals surface area (Å²) in [5.41, 5.74) is 0.132. The summed E-state index contributed by atoms with van der Waals surface area (Å²) in [4.78, 5) is 10.8. The first-order valence-corrected chi connectivity index (χ1v) is 5.80. The first-order valence-electron chi connectivity index (χ1n) is 5.80. The molecule has 2 nitrogen and oxygen atoms in total. The Morgan fingerprint density at radius 1 is 1.43 bits per heavy atom. The summed E-state index contributed by atoms with van der Waals surface area (Å²) in [6, 6.07) is 0. The van der Waals surface area contributed by atoms with E-state index in [1.54, 1.807) is 0 Å². The van der Waals surface area contributed by atoms with Crippen LogP contribution in [-0.4, -0.2) is 11.1 Å². The second kappa shape index (κ2) is 4.81. The van der Waals surface area contributed by atoms with Gasteiger partial charge in [-0.15, -0.1) is 0 Å². The number of carboxylic acids is 1. The molecule has 0 heterocycles. The van der Waals surface area contributed by atoms with Gasteiger partial charge < -0.3 is 5.11 Å². The molecule has 0 atom stereocenters. The summed E-state index contributed by atoms with van der Waals surface area (Å²) in [7, 11) is 0. The minimum Gasteiger partial charge on any atom is -0.481 e. The van der Waals surface area contributed by atoms with E-state index in [2.05, 4.69) is 13.8 Å². The summed E-state index contributed by atoms with van der Waals surface area (Å²) in [6.45, 7) is 4.43. The average molecular weight is 198 g/mol. The van der Waals surface area contributed by atoms with Crippen molar-refractivity contribution >= 4 is 5.97 Å². The lowest BCUT2D eigenvalue weighted by Gasteiger charge is -2.38. The van der Waals surface area contributed by atoms with Crippen molar-refractivity contribution in [3.8, 4) is 0 Å². The minimum absolute atomic E-state index is 0.132. The van der Waals surface area contributed by atoms with Crippen LogP contribution >= 0.6 is 0 Å². The molecule has 0 unspecified atom stereocenters. The van der Waals surface area contributed by atoms with Crippen LogP contribution in [0.4, 0.5) is 0 Å². The molecule has 0 aromatic rings. The van der Waals surface area contributed by atoms with Crippen LogP contribution in [0.2, 0.25) is 0 Å². The van der Waals surface area contributed by atoms with E-state index in [1.165, 1.54) is 12.8 Å². The highest BCUT2D eigenvalue weighted by molar-refractivity contribution is 5.67. The maximum atomic E-state index is 10.8. The number of hydrogen-bond acceptors (Lipinski definition) is 1. The molecule has 0 aliphatic heterocycles. The van der Waals surface area contributed by atoms with Gasteiger partial charge in [-0.05, 0) is 30.6 Å². The topological polar surface area (TPSA) is 37.3 Å². The van der Waals surface area contributed by atoms with Crippen molar-refractivity contribution in [2.45, 2.75) is 58.8 Å². The molecule has 1 N–H and O–H groups in total. The average Bonchev–Trinajstić information content (AvgIpc) is 2.10. The lowest BCUT2D eigenvalue weighted by molar-refractivity contribution is -0.140. The molecule has 0 aromatic heterocycles. The molecule has 0 bridgehead atoms. The molecular weight excluding hydrogens is 176 g/mol. The molecule has 14 heavy (non-hydrogen) atoms. The summed E-state index contributed by atoms with van der Waals surface area (Å²) >= 11 is 0. The second-order valence-corrected chi connectivity index (χ2v) is 5.00. The van der Waals surface area contributed by atoms with Gasteiger partial charge in [0.1, 0.15) is 0 Å². The molecule has 1 rings (SSSR count). The summed E-state index contributed by atoms with van der Waals surface area (Å²) in [5, 5.41) is 8.92. The van der Waals surface area contributed by atoms with E-state index < -0.39 is 5.97 Å². The number of aliphatic carboxylic acids is 1. The molecule has 0 saturated heterocycles. The fraction of sp³-hybridized carbons (Fsp3) is 0.917. The van der Waals surface area contributed by atoms with Crippen molar-refractivity contribution in [2.24, 2.45) is 11.3 Å². The normalized spacial score (nSPS) is 32.9. The van der Waals surface area contributed by atoms with Crippen LogP contribution in [0.1, 0.15) is 58.8 Å². The molecule has 1 saturated carbocycles. The smallest absolute Gasteiger partial charge is 0.303 e. The highest BCUT2D eigenvalue weighted by atomic mass is 16.4. The fourth-order valence-electron chi connectivity index (χ4n) is 2.74. The van der Waals surface area contributed by atoms with Crippen LogP contribution in [-0.2, 0) is 4.79 Å². The van der Waals surface area contributed by atoms with E-state index in [0.717, 1.165) is 31.6 Å². The third-order valence-electron chi connectivity index (χ3n) is 3.64. The van der Waals surface area contributed by atoms with Crippen molar-refractivity contribution in [2.75, 3.05) is 0 Å². The molecule has 0 spiro atoms. The third-order valence-corrected chi connectivity index (χ3v) is 3.64. The number of hydrogen-bond donors (Lipinski definition) is 1. The predicted molar refractivity (Wildman–Crippen MR) is 57.2 cm³/mol. The fourth-order valence-corrected chi connectivity index (χ4v) is 2.74. The monoisotopic (exact) mass is 198 g/mol. The van der Waals surface area contributed by atoms with Crippen LogP contribution < -0.4 is 0 Å². The predicted octanol–water partition coefficient (Wildman–Crippen LogP) is 3.46. The summed E-state index contributed by atoms with van der Waals surface area (Å²) < 4.78 is 0. The van der Waals surface area contributed by atoms with Crippen LogP contribution in [0.25, 0.3) is 0 Å². The van der Waals surface area contributed by atoms with E-state index >= 15 is 0 Å². The number of carboxylic acid groups (broad SMARTS) is 1. The molecular formula is C12H22O2. The Balaban J connectivity index is 2.57. The molecule has 82 valence electrons. The van der Waals surface area contributed by atoms with E-state index in [-0.39, 0.29) is 5.41 Å². The first kappa shape index (κ1) is 11.5. The van der Waals surface area contributed by atoms with Crippen molar-refractivity contribution in [3.63, 3.8) is 0 Å². The lowest BCUT2D eigenvalue weighted by Crippen LogP contribution is -2.29. The molecule has 0 amide bonds. The molecule has 0 radical (unpaired) electrons. The Labute approximate surface area is 86.7 Å². The largest absolute Gasteiger partial charge is 0.481 e. The van der Waals surface area contributed by atoms with Gasteiger partial charge in [-0.1, -0.05) is 33.1 Å². The Morgan fingerprint density at radius 3 is 2.43 bits per heavy atom. The molecule has 0 aromatic carbocycles. The van der Waals surface area contributed by atoms with E-state index in [1.807, 2.05) is 0 Å². The first-order chi connectivity index (χ1) is 6.58. The minimum atomic E-state index is -0.618. The second-order valence-electron chi connectivity index (χ2n) is 5.00. The van der Waals surface area contributed by atoms with Gasteiger partial charge >= 0.3 is 5.97 Å². The quantitative estimate of drug-likeness (QED) is 0.751. The van der Waals surface area contributed by atoms with Gasteiger partial charge in [0.2, 0.25) is 0 Å². The zero-order chi connectivity index (χ0) is 10.6. The summed E-state index contributed by atoms with van der Waals surface area (Å²) in [6.07, 6.45) is 7.25. The Hall–Kier alpha value is -0.530. The summed E-state index contributed by atoms with van der Waals surface area (Å²) in [5.74, 6) is 0.182. The number of carbonyl (C=O) groups is 1. The van der Waals surface area contributed by atoms with E-state index in [9.17, 15) is 4.79 Å². The highest BCUT2D eigenvalue weighted by Gasteiger charge is 2.35. The maximum Gasteiger partial charge on any atom is 0.303 e. The third kappa shape index (κ3) is 3.00. The van der Waals surface area contributed by atoms with Crippen molar-refractivity contribution in [1.29, 1.82) is 0 Å².